The predicted octanol–water partition coefficient (Wildman–Crippen LogP) is -0.637. The zero-order chi connectivity index (χ0) is 7.98. The third kappa shape index (κ3) is 5.06. The summed E-state index contributed by atoms with van der Waals surface area (Å²) in [5, 5.41) is 10.4. The van der Waals surface area contributed by atoms with Gasteiger partial charge in [-0.3, -0.25) is 4.79 Å². The molecule has 1 unspecified atom stereocenters. The smallest absolute Gasteiger partial charge is 0.222 e. The van der Waals surface area contributed by atoms with E-state index in [0.717, 1.165) is 0 Å². The Bertz CT molecular complexity index is 148. The molecule has 10 heavy (non-hydrogen) atoms. The van der Waals surface area contributed by atoms with Crippen LogP contribution in [0.15, 0.2) is 0 Å². The number of nitrogens with one attached hydrogen (secondary N) is 1. The molecule has 0 heterocycles. The van der Waals surface area contributed by atoms with Gasteiger partial charge in [-0.05, 0) is 6.92 Å². The molecule has 4 nitrogen and oxygen atoms in total. The lowest BCUT2D eigenvalue weighted by Crippen LogP contribution is -2.29. The zero-order valence-corrected chi connectivity index (χ0v) is 5.92. The van der Waals surface area contributed by atoms with Crippen LogP contribution in [0, 0.1) is 11.3 Å². The van der Waals surface area contributed by atoms with Crippen LogP contribution in [0.5, 0.6) is 0 Å². The van der Waals surface area contributed by atoms with Gasteiger partial charge in [0, 0.05) is 12.5 Å². The molecular weight excluding hydrogens is 130 g/mol. The molecule has 0 radical (unpaired) electrons. The summed E-state index contributed by atoms with van der Waals surface area (Å²) in [7, 11) is 0. The van der Waals surface area contributed by atoms with Crippen molar-refractivity contribution in [2.45, 2.75) is 19.4 Å². The Morgan fingerprint density at radius 3 is 2.90 bits per heavy atom. The van der Waals surface area contributed by atoms with Gasteiger partial charge in [-0.2, -0.15) is 5.26 Å². The highest BCUT2D eigenvalue weighted by atomic mass is 16.1. The molecule has 0 aromatic rings. The number of carbonyl (C=O) groups is 1. The molecule has 0 spiro atoms. The number of nitrogens with zero attached hydrogens (tertiary/aromatic N) is 1. The van der Waals surface area contributed by atoms with Crippen LogP contribution in [0.1, 0.15) is 13.3 Å². The lowest BCUT2D eigenvalue weighted by atomic mass is 10.2. The number of nitrogens with two attached hydrogens (primary N) is 1. The molecule has 0 fully saturated rings. The van der Waals surface area contributed by atoms with E-state index >= 15 is 0 Å². The minimum atomic E-state index is -0.170. The van der Waals surface area contributed by atoms with Gasteiger partial charge in [0.2, 0.25) is 5.91 Å². The molecule has 0 aliphatic rings. The number of amides is 1. The number of carbonyl (C=O) groups excluding carboxylic acids is 1. The van der Waals surface area contributed by atoms with E-state index in [1.165, 1.54) is 0 Å². The Hall–Kier alpha value is -1.08. The van der Waals surface area contributed by atoms with Crippen LogP contribution in [-0.4, -0.2) is 18.5 Å². The van der Waals surface area contributed by atoms with E-state index in [1.54, 1.807) is 13.0 Å². The van der Waals surface area contributed by atoms with E-state index in [1.807, 2.05) is 0 Å². The summed E-state index contributed by atoms with van der Waals surface area (Å²) in [4.78, 5) is 10.7. The SMILES string of the molecule is CC(N)CC(=O)NCC#N. The lowest BCUT2D eigenvalue weighted by Gasteiger charge is -2.02. The summed E-state index contributed by atoms with van der Waals surface area (Å²) in [5.41, 5.74) is 5.32. The van der Waals surface area contributed by atoms with Crippen molar-refractivity contribution in [2.24, 2.45) is 5.73 Å². The van der Waals surface area contributed by atoms with Crippen molar-refractivity contribution < 1.29 is 4.79 Å². The average molecular weight is 141 g/mol. The van der Waals surface area contributed by atoms with E-state index in [2.05, 4.69) is 5.32 Å². The number of hydrogen-bond donors (Lipinski definition) is 2. The fourth-order valence-corrected chi connectivity index (χ4v) is 0.503. The zero-order valence-electron chi connectivity index (χ0n) is 5.92. The summed E-state index contributed by atoms with van der Waals surface area (Å²) in [5.74, 6) is -0.170. The fraction of sp³-hybridized carbons (Fsp3) is 0.667. The molecule has 1 atom stereocenters. The molecule has 0 rings (SSSR count). The van der Waals surface area contributed by atoms with Crippen molar-refractivity contribution >= 4 is 5.91 Å². The number of rotatable bonds is 3. The Balaban J connectivity index is 3.37. The Labute approximate surface area is 60.0 Å². The normalized spacial score (nSPS) is 11.7. The molecular formula is C6H11N3O. The Morgan fingerprint density at radius 2 is 2.50 bits per heavy atom. The molecule has 0 saturated heterocycles. The second-order valence-corrected chi connectivity index (χ2v) is 2.12. The second-order valence-electron chi connectivity index (χ2n) is 2.12. The fourth-order valence-electron chi connectivity index (χ4n) is 0.503. The highest BCUT2D eigenvalue weighted by Crippen LogP contribution is 1.83. The molecule has 56 valence electrons. The molecule has 0 aromatic heterocycles. The van der Waals surface area contributed by atoms with Gasteiger partial charge in [0.1, 0.15) is 6.54 Å². The van der Waals surface area contributed by atoms with Crippen LogP contribution >= 0.6 is 0 Å². The van der Waals surface area contributed by atoms with Gasteiger partial charge < -0.3 is 11.1 Å². The minimum Gasteiger partial charge on any atom is -0.343 e. The quantitative estimate of drug-likeness (QED) is 0.513. The molecule has 0 aromatic carbocycles. The Morgan fingerprint density at radius 1 is 1.90 bits per heavy atom. The van der Waals surface area contributed by atoms with E-state index in [0.29, 0.717) is 0 Å². The first-order chi connectivity index (χ1) is 4.66. The molecule has 0 aliphatic heterocycles. The van der Waals surface area contributed by atoms with Crippen molar-refractivity contribution in [1.29, 1.82) is 5.26 Å². The van der Waals surface area contributed by atoms with Crippen molar-refractivity contribution in [2.75, 3.05) is 6.54 Å². The van der Waals surface area contributed by atoms with E-state index in [9.17, 15) is 4.79 Å². The van der Waals surface area contributed by atoms with Gasteiger partial charge in [-0.15, -0.1) is 0 Å². The summed E-state index contributed by atoms with van der Waals surface area (Å²) in [6.45, 7) is 1.80. The summed E-state index contributed by atoms with van der Waals surface area (Å²) in [6, 6.07) is 1.66. The first-order valence-corrected chi connectivity index (χ1v) is 3.06. The van der Waals surface area contributed by atoms with Crippen molar-refractivity contribution in [3.8, 4) is 6.07 Å². The van der Waals surface area contributed by atoms with Crippen LogP contribution in [-0.2, 0) is 4.79 Å². The highest BCUT2D eigenvalue weighted by Gasteiger charge is 2.02. The standard InChI is InChI=1S/C6H11N3O/c1-5(8)4-6(10)9-3-2-7/h5H,3-4,8H2,1H3,(H,9,10). The maximum atomic E-state index is 10.7. The van der Waals surface area contributed by atoms with E-state index in [-0.39, 0.29) is 24.9 Å². The predicted molar refractivity (Wildman–Crippen MR) is 36.9 cm³/mol. The Kier molecular flexibility index (Phi) is 4.25. The second kappa shape index (κ2) is 4.77. The highest BCUT2D eigenvalue weighted by molar-refractivity contribution is 5.76. The largest absolute Gasteiger partial charge is 0.343 e. The first kappa shape index (κ1) is 8.92. The van der Waals surface area contributed by atoms with Gasteiger partial charge in [0.25, 0.3) is 0 Å². The van der Waals surface area contributed by atoms with Crippen LogP contribution < -0.4 is 11.1 Å². The maximum absolute atomic E-state index is 10.7. The van der Waals surface area contributed by atoms with E-state index < -0.39 is 0 Å². The topological polar surface area (TPSA) is 78.9 Å². The number of nitriles is 1. The summed E-state index contributed by atoms with van der Waals surface area (Å²) in [6.07, 6.45) is 0.279. The summed E-state index contributed by atoms with van der Waals surface area (Å²) < 4.78 is 0. The first-order valence-electron chi connectivity index (χ1n) is 3.06. The summed E-state index contributed by atoms with van der Waals surface area (Å²) >= 11 is 0. The van der Waals surface area contributed by atoms with Gasteiger partial charge in [0.05, 0.1) is 6.07 Å². The molecule has 0 saturated carbocycles. The van der Waals surface area contributed by atoms with Gasteiger partial charge in [-0.25, -0.2) is 0 Å². The number of hydrogen-bond acceptors (Lipinski definition) is 3. The van der Waals surface area contributed by atoms with Crippen LogP contribution in [0.3, 0.4) is 0 Å². The van der Waals surface area contributed by atoms with Crippen molar-refractivity contribution in [1.82, 2.24) is 5.32 Å². The molecule has 0 bridgehead atoms. The average Bonchev–Trinajstić information content (AvgIpc) is 1.82. The van der Waals surface area contributed by atoms with Gasteiger partial charge in [-0.1, -0.05) is 0 Å². The van der Waals surface area contributed by atoms with Crippen molar-refractivity contribution in [3.63, 3.8) is 0 Å². The molecule has 3 N–H and O–H groups in total. The van der Waals surface area contributed by atoms with E-state index in [4.69, 9.17) is 11.0 Å². The minimum absolute atomic E-state index is 0.0611. The van der Waals surface area contributed by atoms with Gasteiger partial charge >= 0.3 is 0 Å². The van der Waals surface area contributed by atoms with Crippen LogP contribution in [0.4, 0.5) is 0 Å². The monoisotopic (exact) mass is 141 g/mol. The van der Waals surface area contributed by atoms with Crippen LogP contribution in [0.2, 0.25) is 0 Å². The maximum Gasteiger partial charge on any atom is 0.222 e. The van der Waals surface area contributed by atoms with Gasteiger partial charge in [0.15, 0.2) is 0 Å². The van der Waals surface area contributed by atoms with Crippen molar-refractivity contribution in [3.05, 3.63) is 0 Å². The lowest BCUT2D eigenvalue weighted by molar-refractivity contribution is -0.121. The third-order valence-corrected chi connectivity index (χ3v) is 0.872. The molecule has 1 amide bonds. The molecule has 0 aliphatic carbocycles. The third-order valence-electron chi connectivity index (χ3n) is 0.872. The molecule has 4 heteroatoms. The van der Waals surface area contributed by atoms with Crippen LogP contribution in [0.25, 0.3) is 0 Å².